The van der Waals surface area contributed by atoms with Gasteiger partial charge in [0.25, 0.3) is 0 Å². The Balaban J connectivity index is 1.80. The molecule has 0 aromatic rings. The van der Waals surface area contributed by atoms with Crippen LogP contribution in [0.1, 0.15) is 20.3 Å². The highest BCUT2D eigenvalue weighted by molar-refractivity contribution is 5.02. The molecule has 0 radical (unpaired) electrons. The summed E-state index contributed by atoms with van der Waals surface area (Å²) in [5.41, 5.74) is 24.0. The molecule has 3 rings (SSSR count). The molecule has 0 spiro atoms. The van der Waals surface area contributed by atoms with Gasteiger partial charge in [0.15, 0.2) is 12.6 Å². The summed E-state index contributed by atoms with van der Waals surface area (Å²) in [6.07, 6.45) is -15.2. The highest BCUT2D eigenvalue weighted by Crippen LogP contribution is 2.32. The van der Waals surface area contributed by atoms with Crippen LogP contribution in [-0.2, 0) is 18.9 Å². The summed E-state index contributed by atoms with van der Waals surface area (Å²) in [6.45, 7) is 2.96. The van der Waals surface area contributed by atoms with Crippen molar-refractivity contribution >= 4 is 0 Å². The van der Waals surface area contributed by atoms with Crippen LogP contribution in [0.15, 0.2) is 0 Å². The summed E-state index contributed by atoms with van der Waals surface area (Å²) in [6, 6.07) is -3.41. The highest BCUT2D eigenvalue weighted by atomic mass is 16.7. The zero-order chi connectivity index (χ0) is 24.8. The maximum Gasteiger partial charge on any atom is 0.187 e. The van der Waals surface area contributed by atoms with E-state index in [4.69, 9.17) is 41.9 Å². The average molecular weight is 483 g/mol. The van der Waals surface area contributed by atoms with Crippen molar-refractivity contribution in [2.45, 2.75) is 118 Å². The van der Waals surface area contributed by atoms with Crippen LogP contribution in [0.4, 0.5) is 0 Å². The molecule has 0 amide bonds. The van der Waals surface area contributed by atoms with Crippen molar-refractivity contribution in [3.8, 4) is 0 Å². The zero-order valence-electron chi connectivity index (χ0n) is 18.6. The van der Waals surface area contributed by atoms with Crippen molar-refractivity contribution in [1.82, 2.24) is 0 Å². The first-order valence-corrected chi connectivity index (χ1v) is 11.1. The van der Waals surface area contributed by atoms with E-state index in [-0.39, 0.29) is 6.42 Å². The van der Waals surface area contributed by atoms with E-state index >= 15 is 0 Å². The van der Waals surface area contributed by atoms with E-state index < -0.39 is 97.8 Å². The Hall–Kier alpha value is -0.560. The van der Waals surface area contributed by atoms with Crippen LogP contribution < -0.4 is 22.9 Å². The lowest BCUT2D eigenvalue weighted by atomic mass is 9.84. The Morgan fingerprint density at radius 1 is 0.727 bits per heavy atom. The third-order valence-corrected chi connectivity index (χ3v) is 6.58. The zero-order valence-corrected chi connectivity index (χ0v) is 18.6. The minimum atomic E-state index is -1.48. The number of hydrogen-bond acceptors (Lipinski definition) is 14. The quantitative estimate of drug-likeness (QED) is 0.169. The Kier molecular flexibility index (Phi) is 8.68. The third-order valence-electron chi connectivity index (χ3n) is 6.58. The number of aliphatic hydroxyl groups is 6. The van der Waals surface area contributed by atoms with Crippen LogP contribution in [0.25, 0.3) is 0 Å². The topological polar surface area (TPSA) is 262 Å². The number of rotatable bonds is 6. The van der Waals surface area contributed by atoms with Crippen molar-refractivity contribution in [1.29, 1.82) is 0 Å². The van der Waals surface area contributed by atoms with Gasteiger partial charge in [0.05, 0.1) is 18.2 Å². The summed E-state index contributed by atoms with van der Waals surface area (Å²) < 4.78 is 22.9. The number of hydrogen-bond donors (Lipinski definition) is 10. The van der Waals surface area contributed by atoms with Crippen LogP contribution in [0.3, 0.4) is 0 Å². The summed E-state index contributed by atoms with van der Waals surface area (Å²) in [5, 5.41) is 61.6. The van der Waals surface area contributed by atoms with Gasteiger partial charge in [-0.2, -0.15) is 0 Å². The molecule has 14 heteroatoms. The van der Waals surface area contributed by atoms with Gasteiger partial charge in [-0.25, -0.2) is 0 Å². The molecule has 16 atom stereocenters. The Morgan fingerprint density at radius 3 is 1.82 bits per heavy atom. The van der Waals surface area contributed by atoms with Crippen LogP contribution >= 0.6 is 0 Å². The molecule has 33 heavy (non-hydrogen) atoms. The Bertz CT molecular complexity index is 648. The smallest absolute Gasteiger partial charge is 0.187 e. The minimum Gasteiger partial charge on any atom is -0.391 e. The first-order chi connectivity index (χ1) is 15.3. The average Bonchev–Trinajstić information content (AvgIpc) is 3.02. The first-order valence-electron chi connectivity index (χ1n) is 11.1. The molecule has 0 aromatic carbocycles. The van der Waals surface area contributed by atoms with Crippen LogP contribution in [0.2, 0.25) is 0 Å². The molecule has 2 aliphatic heterocycles. The number of aliphatic hydroxyl groups excluding tert-OH is 6. The maximum atomic E-state index is 10.7. The van der Waals surface area contributed by atoms with Gasteiger partial charge >= 0.3 is 0 Å². The monoisotopic (exact) mass is 482 g/mol. The fourth-order valence-electron chi connectivity index (χ4n) is 4.57. The summed E-state index contributed by atoms with van der Waals surface area (Å²) in [4.78, 5) is 0. The molecule has 1 saturated carbocycles. The normalized spacial score (nSPS) is 53.1. The van der Waals surface area contributed by atoms with Gasteiger partial charge < -0.3 is 72.5 Å². The van der Waals surface area contributed by atoms with E-state index in [1.165, 1.54) is 6.92 Å². The second kappa shape index (κ2) is 10.6. The molecule has 14 N–H and O–H groups in total. The maximum absolute atomic E-state index is 10.7. The molecule has 3 aliphatic rings. The number of ether oxygens (including phenoxy) is 4. The van der Waals surface area contributed by atoms with Gasteiger partial charge in [-0.05, 0) is 20.3 Å². The molecular weight excluding hydrogens is 444 g/mol. The lowest BCUT2D eigenvalue weighted by Crippen LogP contribution is -2.68. The van der Waals surface area contributed by atoms with Gasteiger partial charge in [-0.3, -0.25) is 0 Å². The first kappa shape index (κ1) is 27.0. The summed E-state index contributed by atoms with van der Waals surface area (Å²) >= 11 is 0. The predicted molar refractivity (Wildman–Crippen MR) is 111 cm³/mol. The molecular formula is C19H38N4O10. The minimum absolute atomic E-state index is 0.137. The van der Waals surface area contributed by atoms with E-state index in [9.17, 15) is 30.6 Å². The molecule has 2 heterocycles. The molecule has 1 aliphatic carbocycles. The van der Waals surface area contributed by atoms with Crippen molar-refractivity contribution in [2.75, 3.05) is 0 Å². The molecule has 3 fully saturated rings. The fourth-order valence-corrected chi connectivity index (χ4v) is 4.57. The van der Waals surface area contributed by atoms with Crippen molar-refractivity contribution < 1.29 is 49.6 Å². The highest BCUT2D eigenvalue weighted by Gasteiger charge is 2.52. The lowest BCUT2D eigenvalue weighted by molar-refractivity contribution is -0.315. The molecule has 194 valence electrons. The fraction of sp³-hybridized carbons (Fsp3) is 1.00. The lowest BCUT2D eigenvalue weighted by Gasteiger charge is -2.47. The summed E-state index contributed by atoms with van der Waals surface area (Å²) in [7, 11) is 0. The molecule has 14 nitrogen and oxygen atoms in total. The van der Waals surface area contributed by atoms with E-state index in [0.29, 0.717) is 0 Å². The van der Waals surface area contributed by atoms with Gasteiger partial charge in [0, 0.05) is 18.1 Å². The third kappa shape index (κ3) is 5.34. The predicted octanol–water partition coefficient (Wildman–Crippen LogP) is -5.88. The van der Waals surface area contributed by atoms with E-state index in [0.717, 1.165) is 0 Å². The second-order valence-electron chi connectivity index (χ2n) is 9.33. The van der Waals surface area contributed by atoms with Gasteiger partial charge in [0.2, 0.25) is 0 Å². The van der Waals surface area contributed by atoms with Crippen LogP contribution in [-0.4, -0.2) is 128 Å². The van der Waals surface area contributed by atoms with Crippen LogP contribution in [0.5, 0.6) is 0 Å². The van der Waals surface area contributed by atoms with Gasteiger partial charge in [-0.15, -0.1) is 0 Å². The van der Waals surface area contributed by atoms with Crippen molar-refractivity contribution in [3.05, 3.63) is 0 Å². The largest absolute Gasteiger partial charge is 0.391 e. The van der Waals surface area contributed by atoms with Crippen molar-refractivity contribution in [3.63, 3.8) is 0 Å². The van der Waals surface area contributed by atoms with Gasteiger partial charge in [0.1, 0.15) is 48.8 Å². The molecule has 0 unspecified atom stereocenters. The van der Waals surface area contributed by atoms with Gasteiger partial charge in [-0.1, -0.05) is 0 Å². The summed E-state index contributed by atoms with van der Waals surface area (Å²) in [5.74, 6) is 0. The van der Waals surface area contributed by atoms with E-state index in [1.807, 2.05) is 0 Å². The van der Waals surface area contributed by atoms with E-state index in [2.05, 4.69) is 0 Å². The molecule has 0 aromatic heterocycles. The Morgan fingerprint density at radius 2 is 1.27 bits per heavy atom. The Labute approximate surface area is 191 Å². The van der Waals surface area contributed by atoms with Crippen LogP contribution in [0, 0.1) is 0 Å². The van der Waals surface area contributed by atoms with Crippen molar-refractivity contribution in [2.24, 2.45) is 22.9 Å². The molecule has 0 bridgehead atoms. The number of nitrogens with two attached hydrogens (primary N) is 4. The SMILES string of the molecule is C[C@H](N)[C@H]1O[C@@H](O[C@@H]2[C@@H](O)[C@H](N)C[C@H](N)[C@H]2O[C@H]2O[C@H]([C@@H](C)O)[C@@H](O)[C@H](O)[C@H]2N)[C@H](O)[C@@H]1O. The standard InChI is InChI=1S/C19H38N4O10/c1-4(20)14-12(28)13(29)19(30-14)33-17-9(25)6(21)3-7(22)16(17)32-18-8(23)10(26)11(27)15(31-18)5(2)24/h4-19,24-29H,3,20-23H2,1-2H3/t4-,5+,6+,7-,8+,9-,10+,11-,12-,13+,14+,15+,16+,17+,18+,19-/m0/s1. The molecule has 2 saturated heterocycles. The second-order valence-corrected chi connectivity index (χ2v) is 9.33. The van der Waals surface area contributed by atoms with E-state index in [1.54, 1.807) is 6.92 Å².